The highest BCUT2D eigenvalue weighted by molar-refractivity contribution is 6.22. The maximum absolute atomic E-state index is 12.0. The topological polar surface area (TPSA) is 83.3 Å². The van der Waals surface area contributed by atoms with E-state index in [0.29, 0.717) is 5.69 Å². The van der Waals surface area contributed by atoms with Gasteiger partial charge >= 0.3 is 0 Å². The number of aromatic amines is 1. The number of anilines is 2. The van der Waals surface area contributed by atoms with Gasteiger partial charge in [0, 0.05) is 22.2 Å². The molecule has 5 heteroatoms. The molecule has 0 aliphatic carbocycles. The fourth-order valence-corrected chi connectivity index (χ4v) is 2.78. The second-order valence-electron chi connectivity index (χ2n) is 5.26. The highest BCUT2D eigenvalue weighted by Gasteiger charge is 2.22. The first-order valence-electron chi connectivity index (χ1n) is 7.03. The molecule has 4 rings (SSSR count). The number of carbonyl (C=O) groups is 1. The van der Waals surface area contributed by atoms with Crippen molar-refractivity contribution in [2.75, 3.05) is 17.6 Å². The number of nitrogens with two attached hydrogens (primary N) is 1. The van der Waals surface area contributed by atoms with Crippen molar-refractivity contribution < 1.29 is 4.79 Å². The van der Waals surface area contributed by atoms with Crippen LogP contribution in [0.3, 0.4) is 0 Å². The molecular formula is C17H14N4O. The Bertz CT molecular complexity index is 923. The van der Waals surface area contributed by atoms with E-state index in [4.69, 9.17) is 5.73 Å². The van der Waals surface area contributed by atoms with E-state index in [0.717, 1.165) is 33.6 Å². The van der Waals surface area contributed by atoms with Crippen molar-refractivity contribution in [3.8, 4) is 0 Å². The van der Waals surface area contributed by atoms with Crippen LogP contribution in [0.2, 0.25) is 0 Å². The van der Waals surface area contributed by atoms with Gasteiger partial charge in [0.25, 0.3) is 0 Å². The van der Waals surface area contributed by atoms with E-state index in [9.17, 15) is 4.79 Å². The number of carbonyl (C=O) groups excluding carboxylic acids is 1. The molecule has 1 aliphatic rings. The van der Waals surface area contributed by atoms with Gasteiger partial charge in [0.15, 0.2) is 0 Å². The third kappa shape index (κ3) is 1.95. The molecule has 1 amide bonds. The summed E-state index contributed by atoms with van der Waals surface area (Å²) in [5.74, 6) is -0.120. The van der Waals surface area contributed by atoms with E-state index in [1.54, 1.807) is 0 Å². The number of benzene rings is 2. The maximum atomic E-state index is 12.0. The zero-order valence-corrected chi connectivity index (χ0v) is 11.8. The normalized spacial score (nSPS) is 14.2. The summed E-state index contributed by atoms with van der Waals surface area (Å²) in [5.41, 5.74) is 10.7. The van der Waals surface area contributed by atoms with Crippen LogP contribution < -0.4 is 11.1 Å². The molecule has 3 aromatic rings. The van der Waals surface area contributed by atoms with Crippen LogP contribution in [0.5, 0.6) is 0 Å². The minimum atomic E-state index is -0.120. The first kappa shape index (κ1) is 12.6. The van der Waals surface area contributed by atoms with Crippen LogP contribution in [0.15, 0.2) is 53.5 Å². The summed E-state index contributed by atoms with van der Waals surface area (Å²) in [4.78, 5) is 19.8. The number of para-hydroxylation sites is 1. The molecule has 0 saturated carbocycles. The Kier molecular flexibility index (Phi) is 2.72. The number of hydrogen-bond donors (Lipinski definition) is 3. The summed E-state index contributed by atoms with van der Waals surface area (Å²) >= 11 is 0. The number of nitrogens with one attached hydrogen (secondary N) is 2. The predicted octanol–water partition coefficient (Wildman–Crippen LogP) is 2.54. The molecule has 0 fully saturated rings. The molecule has 0 radical (unpaired) electrons. The van der Waals surface area contributed by atoms with E-state index >= 15 is 0 Å². The molecule has 0 atom stereocenters. The lowest BCUT2D eigenvalue weighted by molar-refractivity contribution is -0.114. The van der Waals surface area contributed by atoms with Gasteiger partial charge in [-0.3, -0.25) is 9.79 Å². The number of nitrogens with zero attached hydrogens (tertiary/aromatic N) is 1. The smallest absolute Gasteiger partial charge is 0.246 e. The fourth-order valence-electron chi connectivity index (χ4n) is 2.78. The van der Waals surface area contributed by atoms with E-state index < -0.39 is 0 Å². The standard InChI is InChI=1S/C17H14N4O/c18-11-5-3-4-10(8-11)15-17-16(21-14(22)9-19-15)12-6-1-2-7-13(12)20-17/h1-8,20H,9,18H2,(H,21,22). The molecule has 5 nitrogen and oxygen atoms in total. The fraction of sp³-hybridized carbons (Fsp3) is 0.0588. The molecule has 1 aromatic heterocycles. The lowest BCUT2D eigenvalue weighted by atomic mass is 10.1. The zero-order chi connectivity index (χ0) is 15.1. The number of aromatic nitrogens is 1. The molecule has 108 valence electrons. The van der Waals surface area contributed by atoms with E-state index in [1.165, 1.54) is 0 Å². The van der Waals surface area contributed by atoms with Gasteiger partial charge in [-0.1, -0.05) is 30.3 Å². The minimum Gasteiger partial charge on any atom is -0.399 e. The van der Waals surface area contributed by atoms with Crippen molar-refractivity contribution in [3.63, 3.8) is 0 Å². The molecule has 0 spiro atoms. The second kappa shape index (κ2) is 4.73. The molecule has 2 aromatic carbocycles. The average Bonchev–Trinajstić information content (AvgIpc) is 2.78. The van der Waals surface area contributed by atoms with Crippen LogP contribution in [-0.2, 0) is 4.79 Å². The second-order valence-corrected chi connectivity index (χ2v) is 5.26. The monoisotopic (exact) mass is 290 g/mol. The molecule has 0 bridgehead atoms. The number of H-pyrrole nitrogens is 1. The lowest BCUT2D eigenvalue weighted by Crippen LogP contribution is -2.13. The number of amides is 1. The van der Waals surface area contributed by atoms with Gasteiger partial charge in [0.1, 0.15) is 6.54 Å². The summed E-state index contributed by atoms with van der Waals surface area (Å²) < 4.78 is 0. The summed E-state index contributed by atoms with van der Waals surface area (Å²) in [6, 6.07) is 15.4. The quantitative estimate of drug-likeness (QED) is 0.602. The zero-order valence-electron chi connectivity index (χ0n) is 11.8. The number of rotatable bonds is 1. The molecule has 2 heterocycles. The average molecular weight is 290 g/mol. The third-order valence-corrected chi connectivity index (χ3v) is 3.75. The highest BCUT2D eigenvalue weighted by atomic mass is 16.1. The van der Waals surface area contributed by atoms with Crippen LogP contribution in [0, 0.1) is 0 Å². The molecule has 4 N–H and O–H groups in total. The van der Waals surface area contributed by atoms with Gasteiger partial charge in [0.2, 0.25) is 5.91 Å². The van der Waals surface area contributed by atoms with Crippen LogP contribution >= 0.6 is 0 Å². The van der Waals surface area contributed by atoms with Crippen molar-refractivity contribution in [1.82, 2.24) is 4.98 Å². The van der Waals surface area contributed by atoms with Crippen molar-refractivity contribution in [1.29, 1.82) is 0 Å². The summed E-state index contributed by atoms with van der Waals surface area (Å²) in [7, 11) is 0. The Labute approximate surface area is 126 Å². The largest absolute Gasteiger partial charge is 0.399 e. The summed E-state index contributed by atoms with van der Waals surface area (Å²) in [6.45, 7) is 0.0982. The van der Waals surface area contributed by atoms with Crippen molar-refractivity contribution in [3.05, 3.63) is 59.8 Å². The summed E-state index contributed by atoms with van der Waals surface area (Å²) in [5, 5.41) is 3.92. The van der Waals surface area contributed by atoms with Crippen LogP contribution in [-0.4, -0.2) is 23.1 Å². The van der Waals surface area contributed by atoms with E-state index in [2.05, 4.69) is 15.3 Å². The van der Waals surface area contributed by atoms with Crippen molar-refractivity contribution in [2.45, 2.75) is 0 Å². The van der Waals surface area contributed by atoms with Gasteiger partial charge < -0.3 is 16.0 Å². The number of aliphatic imine (C=N–C) groups is 1. The van der Waals surface area contributed by atoms with Gasteiger partial charge in [-0.05, 0) is 18.2 Å². The van der Waals surface area contributed by atoms with Gasteiger partial charge in [-0.15, -0.1) is 0 Å². The molecule has 22 heavy (non-hydrogen) atoms. The summed E-state index contributed by atoms with van der Waals surface area (Å²) in [6.07, 6.45) is 0. The van der Waals surface area contributed by atoms with Gasteiger partial charge in [-0.25, -0.2) is 0 Å². The first-order chi connectivity index (χ1) is 10.7. The number of nitrogen functional groups attached to an aromatic ring is 1. The Morgan fingerprint density at radius 2 is 1.95 bits per heavy atom. The molecule has 0 saturated heterocycles. The Hall–Kier alpha value is -3.08. The SMILES string of the molecule is Nc1cccc(C2=NCC(=O)Nc3c2[nH]c2ccccc32)c1. The maximum Gasteiger partial charge on any atom is 0.246 e. The molecule has 1 aliphatic heterocycles. The van der Waals surface area contributed by atoms with Crippen LogP contribution in [0.25, 0.3) is 10.9 Å². The van der Waals surface area contributed by atoms with Crippen LogP contribution in [0.1, 0.15) is 11.3 Å². The van der Waals surface area contributed by atoms with Gasteiger partial charge in [0.05, 0.1) is 17.1 Å². The van der Waals surface area contributed by atoms with E-state index in [1.807, 2.05) is 48.5 Å². The molecular weight excluding hydrogens is 276 g/mol. The minimum absolute atomic E-state index is 0.0982. The predicted molar refractivity (Wildman–Crippen MR) is 88.3 cm³/mol. The third-order valence-electron chi connectivity index (χ3n) is 3.75. The molecule has 0 unspecified atom stereocenters. The van der Waals surface area contributed by atoms with Crippen molar-refractivity contribution in [2.24, 2.45) is 4.99 Å². The van der Waals surface area contributed by atoms with Gasteiger partial charge in [-0.2, -0.15) is 0 Å². The Morgan fingerprint density at radius 3 is 2.82 bits per heavy atom. The Morgan fingerprint density at radius 1 is 1.09 bits per heavy atom. The van der Waals surface area contributed by atoms with Crippen LogP contribution in [0.4, 0.5) is 11.4 Å². The number of fused-ring (bicyclic) bond motifs is 3. The lowest BCUT2D eigenvalue weighted by Gasteiger charge is -2.06. The van der Waals surface area contributed by atoms with Crippen molar-refractivity contribution >= 4 is 33.9 Å². The number of hydrogen-bond acceptors (Lipinski definition) is 3. The Balaban J connectivity index is 1.99. The van der Waals surface area contributed by atoms with E-state index in [-0.39, 0.29) is 12.5 Å². The highest BCUT2D eigenvalue weighted by Crippen LogP contribution is 2.31. The first-order valence-corrected chi connectivity index (χ1v) is 7.03.